The number of alkyl halides is 1. The Kier molecular flexibility index (Phi) is 3.05. The molecule has 0 heterocycles. The zero-order chi connectivity index (χ0) is 13.6. The molecule has 0 bridgehead atoms. The van der Waals surface area contributed by atoms with Gasteiger partial charge in [0.1, 0.15) is 0 Å². The summed E-state index contributed by atoms with van der Waals surface area (Å²) in [6.07, 6.45) is 4.75. The average molecular weight is 360 g/mol. The summed E-state index contributed by atoms with van der Waals surface area (Å²) in [5.41, 5.74) is 5.40. The van der Waals surface area contributed by atoms with Gasteiger partial charge in [-0.15, -0.1) is 0 Å². The average Bonchev–Trinajstić information content (AvgIpc) is 2.67. The Labute approximate surface area is 128 Å². The molecule has 0 aromatic heterocycles. The van der Waals surface area contributed by atoms with Crippen molar-refractivity contribution in [2.24, 2.45) is 0 Å². The molecule has 1 aliphatic rings. The maximum absolute atomic E-state index is 2.55. The van der Waals surface area contributed by atoms with Crippen LogP contribution in [0.1, 0.15) is 22.3 Å². The van der Waals surface area contributed by atoms with Crippen LogP contribution in [-0.2, 0) is 3.42 Å². The Balaban J connectivity index is 2.18. The zero-order valence-electron chi connectivity index (χ0n) is 11.5. The molecular formula is C18H17I. The smallest absolute Gasteiger partial charge is 0.0643 e. The van der Waals surface area contributed by atoms with Gasteiger partial charge in [0.25, 0.3) is 0 Å². The molecule has 96 valence electrons. The van der Waals surface area contributed by atoms with Crippen molar-refractivity contribution in [3.63, 3.8) is 0 Å². The number of hydrogen-bond donors (Lipinski definition) is 0. The van der Waals surface area contributed by atoms with Crippen molar-refractivity contribution < 1.29 is 0 Å². The summed E-state index contributed by atoms with van der Waals surface area (Å²) in [5, 5.41) is 2.72. The number of halogens is 1. The molecule has 0 unspecified atom stereocenters. The van der Waals surface area contributed by atoms with E-state index in [1.165, 1.54) is 32.7 Å². The van der Waals surface area contributed by atoms with Gasteiger partial charge in [0.2, 0.25) is 0 Å². The van der Waals surface area contributed by atoms with Gasteiger partial charge in [-0.2, -0.15) is 0 Å². The summed E-state index contributed by atoms with van der Waals surface area (Å²) in [7, 11) is 0. The molecule has 3 rings (SSSR count). The first-order valence-electron chi connectivity index (χ1n) is 6.57. The SMILES string of the molecule is Cc1ccc(C2(I)C=c3cc(C)c(C)cc3=C2)cc1. The first kappa shape index (κ1) is 12.9. The standard InChI is InChI=1S/C18H17I/c1-12-4-6-17(7-5-12)18(19)10-15-8-13(2)14(3)9-16(15)11-18/h4-11H,1-3H3. The van der Waals surface area contributed by atoms with Gasteiger partial charge in [-0.25, -0.2) is 0 Å². The van der Waals surface area contributed by atoms with E-state index < -0.39 is 0 Å². The van der Waals surface area contributed by atoms with Crippen LogP contribution in [0.25, 0.3) is 12.2 Å². The van der Waals surface area contributed by atoms with Crippen molar-refractivity contribution in [2.75, 3.05) is 0 Å². The lowest BCUT2D eigenvalue weighted by Crippen LogP contribution is -2.21. The molecule has 0 radical (unpaired) electrons. The van der Waals surface area contributed by atoms with Crippen LogP contribution in [0, 0.1) is 20.8 Å². The van der Waals surface area contributed by atoms with E-state index >= 15 is 0 Å². The minimum Gasteiger partial charge on any atom is -0.0643 e. The number of hydrogen-bond acceptors (Lipinski definition) is 0. The van der Waals surface area contributed by atoms with Crippen LogP contribution in [0.3, 0.4) is 0 Å². The van der Waals surface area contributed by atoms with Crippen molar-refractivity contribution in [1.29, 1.82) is 0 Å². The highest BCUT2D eigenvalue weighted by Gasteiger charge is 2.26. The van der Waals surface area contributed by atoms with Gasteiger partial charge in [0, 0.05) is 0 Å². The molecule has 0 nitrogen and oxygen atoms in total. The molecule has 0 saturated heterocycles. The van der Waals surface area contributed by atoms with Gasteiger partial charge in [0.15, 0.2) is 0 Å². The van der Waals surface area contributed by atoms with Gasteiger partial charge < -0.3 is 0 Å². The monoisotopic (exact) mass is 360 g/mol. The lowest BCUT2D eigenvalue weighted by Gasteiger charge is -2.18. The Morgan fingerprint density at radius 1 is 0.789 bits per heavy atom. The summed E-state index contributed by atoms with van der Waals surface area (Å²) in [4.78, 5) is 0. The fourth-order valence-electron chi connectivity index (χ4n) is 2.58. The van der Waals surface area contributed by atoms with Crippen LogP contribution in [0.4, 0.5) is 0 Å². The zero-order valence-corrected chi connectivity index (χ0v) is 13.7. The van der Waals surface area contributed by atoms with E-state index in [1.807, 2.05) is 0 Å². The second kappa shape index (κ2) is 4.48. The summed E-state index contributed by atoms with van der Waals surface area (Å²) in [6.45, 7) is 6.50. The van der Waals surface area contributed by atoms with E-state index in [-0.39, 0.29) is 3.42 Å². The minimum absolute atomic E-state index is 0.00593. The Hall–Kier alpha value is -1.09. The highest BCUT2D eigenvalue weighted by molar-refractivity contribution is 14.1. The van der Waals surface area contributed by atoms with E-state index in [0.29, 0.717) is 0 Å². The van der Waals surface area contributed by atoms with E-state index in [1.54, 1.807) is 0 Å². The third kappa shape index (κ3) is 2.25. The first-order chi connectivity index (χ1) is 8.98. The summed E-state index contributed by atoms with van der Waals surface area (Å²) < 4.78 is -0.00593. The van der Waals surface area contributed by atoms with Crippen molar-refractivity contribution >= 4 is 34.7 Å². The lowest BCUT2D eigenvalue weighted by atomic mass is 9.99. The molecule has 0 atom stereocenters. The van der Waals surface area contributed by atoms with Crippen molar-refractivity contribution in [3.05, 3.63) is 69.1 Å². The maximum atomic E-state index is 2.55. The van der Waals surface area contributed by atoms with Crippen LogP contribution < -0.4 is 10.4 Å². The normalized spacial score (nSPS) is 15.6. The Bertz CT molecular complexity index is 711. The Morgan fingerprint density at radius 2 is 1.26 bits per heavy atom. The second-order valence-corrected chi connectivity index (χ2v) is 7.27. The molecule has 0 aliphatic heterocycles. The quantitative estimate of drug-likeness (QED) is 0.539. The third-order valence-electron chi connectivity index (χ3n) is 3.92. The number of rotatable bonds is 1. The van der Waals surface area contributed by atoms with Crippen molar-refractivity contribution in [3.8, 4) is 0 Å². The summed E-state index contributed by atoms with van der Waals surface area (Å²) in [6, 6.07) is 13.5. The molecule has 19 heavy (non-hydrogen) atoms. The first-order valence-corrected chi connectivity index (χ1v) is 7.65. The van der Waals surface area contributed by atoms with E-state index in [4.69, 9.17) is 0 Å². The second-order valence-electron chi connectivity index (χ2n) is 5.49. The lowest BCUT2D eigenvalue weighted by molar-refractivity contribution is 1.17. The third-order valence-corrected chi connectivity index (χ3v) is 5.17. The topological polar surface area (TPSA) is 0 Å². The van der Waals surface area contributed by atoms with Crippen LogP contribution in [-0.4, -0.2) is 0 Å². The number of fused-ring (bicyclic) bond motifs is 1. The molecule has 0 amide bonds. The van der Waals surface area contributed by atoms with E-state index in [2.05, 4.69) is 91.9 Å². The molecular weight excluding hydrogens is 343 g/mol. The molecule has 2 aromatic rings. The minimum atomic E-state index is -0.00593. The van der Waals surface area contributed by atoms with E-state index in [0.717, 1.165) is 0 Å². The summed E-state index contributed by atoms with van der Waals surface area (Å²) >= 11 is 2.55. The van der Waals surface area contributed by atoms with Crippen LogP contribution in [0.2, 0.25) is 0 Å². The van der Waals surface area contributed by atoms with Crippen LogP contribution >= 0.6 is 22.6 Å². The van der Waals surface area contributed by atoms with E-state index in [9.17, 15) is 0 Å². The molecule has 1 aliphatic carbocycles. The van der Waals surface area contributed by atoms with Gasteiger partial charge in [0.05, 0.1) is 3.42 Å². The fraction of sp³-hybridized carbons (Fsp3) is 0.222. The number of benzene rings is 2. The van der Waals surface area contributed by atoms with Gasteiger partial charge in [-0.1, -0.05) is 76.7 Å². The maximum Gasteiger partial charge on any atom is 0.0848 e. The molecule has 0 saturated carbocycles. The van der Waals surface area contributed by atoms with Crippen LogP contribution in [0.15, 0.2) is 36.4 Å². The molecule has 0 N–H and O–H groups in total. The highest BCUT2D eigenvalue weighted by atomic mass is 127. The molecule has 2 aromatic carbocycles. The largest absolute Gasteiger partial charge is 0.0848 e. The fourth-order valence-corrected chi connectivity index (χ4v) is 3.61. The van der Waals surface area contributed by atoms with Crippen molar-refractivity contribution in [1.82, 2.24) is 0 Å². The molecule has 1 heteroatoms. The molecule has 0 fully saturated rings. The summed E-state index contributed by atoms with van der Waals surface area (Å²) in [5.74, 6) is 0. The predicted molar refractivity (Wildman–Crippen MR) is 91.0 cm³/mol. The van der Waals surface area contributed by atoms with Crippen LogP contribution in [0.5, 0.6) is 0 Å². The van der Waals surface area contributed by atoms with Gasteiger partial charge >= 0.3 is 0 Å². The predicted octanol–water partition coefficient (Wildman–Crippen LogP) is 3.52. The van der Waals surface area contributed by atoms with Gasteiger partial charge in [-0.3, -0.25) is 0 Å². The molecule has 0 spiro atoms. The Morgan fingerprint density at radius 3 is 1.74 bits per heavy atom. The number of aryl methyl sites for hydroxylation is 3. The van der Waals surface area contributed by atoms with Gasteiger partial charge in [-0.05, 0) is 47.9 Å². The van der Waals surface area contributed by atoms with Crippen molar-refractivity contribution in [2.45, 2.75) is 24.2 Å². The highest BCUT2D eigenvalue weighted by Crippen LogP contribution is 2.37.